The second-order valence-corrected chi connectivity index (χ2v) is 6.16. The fourth-order valence-electron chi connectivity index (χ4n) is 2.87. The van der Waals surface area contributed by atoms with Crippen molar-refractivity contribution in [2.24, 2.45) is 5.73 Å². The van der Waals surface area contributed by atoms with E-state index in [0.29, 0.717) is 0 Å². The summed E-state index contributed by atoms with van der Waals surface area (Å²) in [4.78, 5) is 0. The van der Waals surface area contributed by atoms with E-state index in [2.05, 4.69) is 0 Å². The second-order valence-electron chi connectivity index (χ2n) is 6.16. The molecule has 12 heteroatoms. The van der Waals surface area contributed by atoms with Crippen LogP contribution in [0.1, 0.15) is 0 Å². The zero-order valence-electron chi connectivity index (χ0n) is 13.9. The number of nitrogens with two attached hydrogens (primary N) is 1. The number of ether oxygens (including phenoxy) is 4. The van der Waals surface area contributed by atoms with E-state index in [4.69, 9.17) is 24.7 Å². The Balaban J connectivity index is 2.13. The molecule has 0 amide bonds. The molecule has 26 heavy (non-hydrogen) atoms. The molecule has 2 aliphatic heterocycles. The summed E-state index contributed by atoms with van der Waals surface area (Å²) in [7, 11) is 0. The van der Waals surface area contributed by atoms with Crippen LogP contribution in [0.2, 0.25) is 0 Å². The molecule has 0 bridgehead atoms. The maximum absolute atomic E-state index is 10.3. The third kappa shape index (κ3) is 4.49. The summed E-state index contributed by atoms with van der Waals surface area (Å²) in [6, 6.07) is 0. The summed E-state index contributed by atoms with van der Waals surface area (Å²) in [5.41, 5.74) is 5.33. The number of aliphatic hydroxyl groups is 7. The molecule has 2 aliphatic rings. The van der Waals surface area contributed by atoms with Gasteiger partial charge in [0.1, 0.15) is 48.8 Å². The van der Waals surface area contributed by atoms with Crippen LogP contribution in [0.25, 0.3) is 0 Å². The number of rotatable bonds is 7. The van der Waals surface area contributed by atoms with Gasteiger partial charge in [0.2, 0.25) is 0 Å². The quantitative estimate of drug-likeness (QED) is 0.207. The Morgan fingerprint density at radius 3 is 1.88 bits per heavy atom. The van der Waals surface area contributed by atoms with E-state index < -0.39 is 74.6 Å². The average Bonchev–Trinajstić information content (AvgIpc) is 2.64. The van der Waals surface area contributed by atoms with Gasteiger partial charge >= 0.3 is 0 Å². The Bertz CT molecular complexity index is 428. The van der Waals surface area contributed by atoms with Gasteiger partial charge in [-0.05, 0) is 0 Å². The predicted octanol–water partition coefficient (Wildman–Crippen LogP) is -5.41. The van der Waals surface area contributed by atoms with Crippen LogP contribution in [0.15, 0.2) is 0 Å². The summed E-state index contributed by atoms with van der Waals surface area (Å²) < 4.78 is 21.1. The van der Waals surface area contributed by atoms with Gasteiger partial charge in [0.25, 0.3) is 0 Å². The Kier molecular flexibility index (Phi) is 8.08. The molecule has 154 valence electrons. The highest BCUT2D eigenvalue weighted by atomic mass is 16.7. The van der Waals surface area contributed by atoms with Crippen LogP contribution in [-0.4, -0.2) is 124 Å². The van der Waals surface area contributed by atoms with Gasteiger partial charge in [-0.3, -0.25) is 0 Å². The van der Waals surface area contributed by atoms with Crippen LogP contribution in [0.3, 0.4) is 0 Å². The molecule has 2 saturated heterocycles. The maximum atomic E-state index is 10.3. The molecule has 6 unspecified atom stereocenters. The van der Waals surface area contributed by atoms with Gasteiger partial charge in [-0.2, -0.15) is 0 Å². The smallest absolute Gasteiger partial charge is 0.187 e. The molecule has 0 aromatic heterocycles. The standard InChI is InChI=1S/C14H27NO11/c15-1-2-23-13-11(22)12(8(19)6(4-17)24-13)26-14-10(21)9(20)7(18)5(3-16)25-14/h5-14,16-22H,1-4,15H2/t5?,6?,7-,8-,9?,10?,11?,12?,13+,14-/m1/s1. The molecule has 0 spiro atoms. The Hall–Kier alpha value is -0.480. The zero-order chi connectivity index (χ0) is 19.4. The van der Waals surface area contributed by atoms with E-state index in [9.17, 15) is 35.7 Å². The fourth-order valence-corrected chi connectivity index (χ4v) is 2.87. The summed E-state index contributed by atoms with van der Waals surface area (Å²) in [5.74, 6) is 0. The van der Waals surface area contributed by atoms with Crippen molar-refractivity contribution in [2.45, 2.75) is 61.4 Å². The van der Waals surface area contributed by atoms with Crippen LogP contribution in [0.5, 0.6) is 0 Å². The minimum atomic E-state index is -1.72. The second kappa shape index (κ2) is 9.64. The summed E-state index contributed by atoms with van der Waals surface area (Å²) in [6.45, 7) is -1.10. The Morgan fingerprint density at radius 1 is 0.731 bits per heavy atom. The third-order valence-electron chi connectivity index (χ3n) is 4.36. The number of hydrogen-bond acceptors (Lipinski definition) is 12. The first-order valence-corrected chi connectivity index (χ1v) is 8.25. The highest BCUT2D eigenvalue weighted by Crippen LogP contribution is 2.29. The van der Waals surface area contributed by atoms with E-state index >= 15 is 0 Å². The van der Waals surface area contributed by atoms with Crippen LogP contribution in [0, 0.1) is 0 Å². The van der Waals surface area contributed by atoms with Crippen LogP contribution >= 0.6 is 0 Å². The minimum absolute atomic E-state index is 0.0305. The Labute approximate surface area is 149 Å². The number of hydrogen-bond donors (Lipinski definition) is 8. The molecule has 0 aromatic carbocycles. The van der Waals surface area contributed by atoms with Gasteiger partial charge in [0, 0.05) is 6.54 Å². The molecular weight excluding hydrogens is 358 g/mol. The molecule has 0 radical (unpaired) electrons. The van der Waals surface area contributed by atoms with Crippen LogP contribution in [0.4, 0.5) is 0 Å². The van der Waals surface area contributed by atoms with E-state index in [1.54, 1.807) is 0 Å². The molecule has 2 fully saturated rings. The molecule has 2 heterocycles. The lowest BCUT2D eigenvalue weighted by Crippen LogP contribution is -2.64. The van der Waals surface area contributed by atoms with Crippen molar-refractivity contribution in [1.82, 2.24) is 0 Å². The van der Waals surface area contributed by atoms with Crippen molar-refractivity contribution < 1.29 is 54.7 Å². The topological polar surface area (TPSA) is 205 Å². The summed E-state index contributed by atoms with van der Waals surface area (Å²) >= 11 is 0. The van der Waals surface area contributed by atoms with Gasteiger partial charge in [0.05, 0.1) is 19.8 Å². The summed E-state index contributed by atoms with van der Waals surface area (Å²) in [6.07, 6.45) is -14.7. The van der Waals surface area contributed by atoms with E-state index in [1.807, 2.05) is 0 Å². The van der Waals surface area contributed by atoms with Crippen molar-refractivity contribution in [3.63, 3.8) is 0 Å². The lowest BCUT2D eigenvalue weighted by atomic mass is 9.97. The highest BCUT2D eigenvalue weighted by molar-refractivity contribution is 4.94. The van der Waals surface area contributed by atoms with Crippen molar-refractivity contribution in [2.75, 3.05) is 26.4 Å². The molecule has 0 saturated carbocycles. The summed E-state index contributed by atoms with van der Waals surface area (Å²) in [5, 5.41) is 68.7. The lowest BCUT2D eigenvalue weighted by Gasteiger charge is -2.45. The van der Waals surface area contributed by atoms with Crippen molar-refractivity contribution in [1.29, 1.82) is 0 Å². The number of aliphatic hydroxyl groups excluding tert-OH is 7. The van der Waals surface area contributed by atoms with Gasteiger partial charge in [-0.25, -0.2) is 0 Å². The third-order valence-corrected chi connectivity index (χ3v) is 4.36. The minimum Gasteiger partial charge on any atom is -0.394 e. The van der Waals surface area contributed by atoms with E-state index in [1.165, 1.54) is 0 Å². The van der Waals surface area contributed by atoms with Crippen molar-refractivity contribution in [3.05, 3.63) is 0 Å². The normalized spacial score (nSPS) is 47.1. The SMILES string of the molecule is NCCO[C@H]1OC(CO)[C@@H](O)C(O[C@H]2OC(CO)[C@@H](O)C(O)C2O)C1O. The lowest BCUT2D eigenvalue weighted by molar-refractivity contribution is -0.359. The molecular formula is C14H27NO11. The average molecular weight is 385 g/mol. The fraction of sp³-hybridized carbons (Fsp3) is 1.00. The molecule has 0 aliphatic carbocycles. The maximum Gasteiger partial charge on any atom is 0.187 e. The molecule has 10 atom stereocenters. The van der Waals surface area contributed by atoms with Crippen molar-refractivity contribution in [3.8, 4) is 0 Å². The van der Waals surface area contributed by atoms with Crippen LogP contribution < -0.4 is 5.73 Å². The Morgan fingerprint density at radius 2 is 1.31 bits per heavy atom. The van der Waals surface area contributed by atoms with E-state index in [0.717, 1.165) is 0 Å². The molecule has 2 rings (SSSR count). The van der Waals surface area contributed by atoms with Gasteiger partial charge in [-0.15, -0.1) is 0 Å². The van der Waals surface area contributed by atoms with Gasteiger partial charge in [-0.1, -0.05) is 0 Å². The van der Waals surface area contributed by atoms with Gasteiger partial charge < -0.3 is 60.4 Å². The zero-order valence-corrected chi connectivity index (χ0v) is 13.9. The molecule has 9 N–H and O–H groups in total. The monoisotopic (exact) mass is 385 g/mol. The molecule has 0 aromatic rings. The first kappa shape index (κ1) is 21.8. The van der Waals surface area contributed by atoms with Gasteiger partial charge in [0.15, 0.2) is 12.6 Å². The van der Waals surface area contributed by atoms with Crippen molar-refractivity contribution >= 4 is 0 Å². The predicted molar refractivity (Wildman–Crippen MR) is 81.4 cm³/mol. The highest BCUT2D eigenvalue weighted by Gasteiger charge is 2.50. The first-order valence-electron chi connectivity index (χ1n) is 8.25. The molecule has 12 nitrogen and oxygen atoms in total. The van der Waals surface area contributed by atoms with E-state index in [-0.39, 0.29) is 13.2 Å². The van der Waals surface area contributed by atoms with Crippen LogP contribution in [-0.2, 0) is 18.9 Å². The largest absolute Gasteiger partial charge is 0.394 e. The first-order chi connectivity index (χ1) is 12.3.